The first-order valence-electron chi connectivity index (χ1n) is 8.73. The maximum atomic E-state index is 12.4. The molecule has 5 heteroatoms. The van der Waals surface area contributed by atoms with Crippen LogP contribution in [0.1, 0.15) is 72.1 Å². The summed E-state index contributed by atoms with van der Waals surface area (Å²) >= 11 is 0. The Hall–Kier alpha value is -1.57. The summed E-state index contributed by atoms with van der Waals surface area (Å²) in [5.74, 6) is 0.386. The van der Waals surface area contributed by atoms with Crippen molar-refractivity contribution in [3.8, 4) is 6.07 Å². The monoisotopic (exact) mass is 320 g/mol. The highest BCUT2D eigenvalue weighted by Gasteiger charge is 2.46. The molecular formula is C18H28N2O3. The Morgan fingerprint density at radius 2 is 1.78 bits per heavy atom. The first kappa shape index (κ1) is 17.8. The Morgan fingerprint density at radius 1 is 1.17 bits per heavy atom. The highest BCUT2D eigenvalue weighted by Crippen LogP contribution is 2.40. The molecule has 1 amide bonds. The van der Waals surface area contributed by atoms with Gasteiger partial charge in [-0.25, -0.2) is 4.79 Å². The first-order valence-corrected chi connectivity index (χ1v) is 8.73. The minimum absolute atomic E-state index is 0.0771. The molecule has 5 nitrogen and oxygen atoms in total. The third kappa shape index (κ3) is 4.70. The fraction of sp³-hybridized carbons (Fsp3) is 0.833. The van der Waals surface area contributed by atoms with Gasteiger partial charge in [-0.2, -0.15) is 5.26 Å². The number of rotatable bonds is 5. The molecule has 0 aromatic heterocycles. The van der Waals surface area contributed by atoms with E-state index in [2.05, 4.69) is 6.07 Å². The molecule has 23 heavy (non-hydrogen) atoms. The van der Waals surface area contributed by atoms with Crippen LogP contribution in [0.15, 0.2) is 0 Å². The molecule has 2 rings (SSSR count). The predicted molar refractivity (Wildman–Crippen MR) is 86.7 cm³/mol. The highest BCUT2D eigenvalue weighted by atomic mass is 16.6. The molecule has 0 aromatic rings. The molecule has 2 aliphatic rings. The lowest BCUT2D eigenvalue weighted by molar-refractivity contribution is -0.125. The first-order chi connectivity index (χ1) is 10.8. The van der Waals surface area contributed by atoms with Gasteiger partial charge < -0.3 is 9.64 Å². The van der Waals surface area contributed by atoms with Crippen LogP contribution in [0.2, 0.25) is 0 Å². The second kappa shape index (κ2) is 7.33. The average molecular weight is 320 g/mol. The van der Waals surface area contributed by atoms with Gasteiger partial charge in [-0.05, 0) is 59.3 Å². The smallest absolute Gasteiger partial charge is 0.410 e. The Labute approximate surface area is 139 Å². The number of fused-ring (bicyclic) bond motifs is 2. The maximum absolute atomic E-state index is 12.4. The summed E-state index contributed by atoms with van der Waals surface area (Å²) in [5, 5.41) is 8.54. The number of carbonyl (C=O) groups is 2. The zero-order valence-electron chi connectivity index (χ0n) is 14.5. The van der Waals surface area contributed by atoms with E-state index in [9.17, 15) is 9.59 Å². The van der Waals surface area contributed by atoms with Crippen molar-refractivity contribution < 1.29 is 14.3 Å². The topological polar surface area (TPSA) is 70.4 Å². The Kier molecular flexibility index (Phi) is 5.67. The van der Waals surface area contributed by atoms with E-state index in [-0.39, 0.29) is 24.1 Å². The van der Waals surface area contributed by atoms with Gasteiger partial charge in [-0.15, -0.1) is 0 Å². The van der Waals surface area contributed by atoms with Gasteiger partial charge in [-0.1, -0.05) is 0 Å². The molecular weight excluding hydrogens is 292 g/mol. The number of ether oxygens (including phenoxy) is 1. The number of ketones is 1. The number of piperidine rings is 1. The summed E-state index contributed by atoms with van der Waals surface area (Å²) in [5.41, 5.74) is -0.482. The third-order valence-electron chi connectivity index (χ3n) is 4.75. The number of carbonyl (C=O) groups excluding carboxylic acids is 2. The van der Waals surface area contributed by atoms with E-state index in [0.29, 0.717) is 18.6 Å². The van der Waals surface area contributed by atoms with Crippen molar-refractivity contribution in [2.75, 3.05) is 0 Å². The van der Waals surface area contributed by atoms with Crippen LogP contribution >= 0.6 is 0 Å². The van der Waals surface area contributed by atoms with E-state index in [1.165, 1.54) is 0 Å². The van der Waals surface area contributed by atoms with Crippen LogP contribution in [0.25, 0.3) is 0 Å². The molecule has 2 saturated heterocycles. The van der Waals surface area contributed by atoms with Crippen LogP contribution in [0.3, 0.4) is 0 Å². The summed E-state index contributed by atoms with van der Waals surface area (Å²) in [6, 6.07) is 2.41. The van der Waals surface area contributed by atoms with Crippen molar-refractivity contribution in [1.29, 1.82) is 5.26 Å². The molecule has 0 radical (unpaired) electrons. The molecule has 0 aliphatic carbocycles. The Balaban J connectivity index is 1.88. The average Bonchev–Trinajstić information content (AvgIpc) is 2.72. The molecule has 2 heterocycles. The predicted octanol–water partition coefficient (Wildman–Crippen LogP) is 3.82. The van der Waals surface area contributed by atoms with Crippen LogP contribution in [0.4, 0.5) is 4.79 Å². The second-order valence-corrected chi connectivity index (χ2v) is 7.77. The number of hydrogen-bond acceptors (Lipinski definition) is 4. The normalized spacial score (nSPS) is 26.7. The number of Topliss-reactive ketones (excluding diaryl/α,β-unsaturated/α-hetero) is 1. The quantitative estimate of drug-likeness (QED) is 0.722. The molecule has 0 spiro atoms. The minimum atomic E-state index is -0.482. The fourth-order valence-electron chi connectivity index (χ4n) is 3.76. The van der Waals surface area contributed by atoms with Crippen LogP contribution in [0.5, 0.6) is 0 Å². The molecule has 0 N–H and O–H groups in total. The van der Waals surface area contributed by atoms with Gasteiger partial charge in [0, 0.05) is 30.8 Å². The standard InChI is InChI=1S/C18H28N2O3/c1-18(2,3)23-17(22)20-14-8-9-15(20)12-13(11-14)16(21)7-5-4-6-10-19/h13-15H,4-9,11-12H2,1-3H3. The largest absolute Gasteiger partial charge is 0.444 e. The molecule has 128 valence electrons. The van der Waals surface area contributed by atoms with Crippen molar-refractivity contribution in [1.82, 2.24) is 4.90 Å². The maximum Gasteiger partial charge on any atom is 0.410 e. The highest BCUT2D eigenvalue weighted by molar-refractivity contribution is 5.81. The minimum Gasteiger partial charge on any atom is -0.444 e. The lowest BCUT2D eigenvalue weighted by atomic mass is 9.85. The van der Waals surface area contributed by atoms with E-state index >= 15 is 0 Å². The van der Waals surface area contributed by atoms with Gasteiger partial charge in [0.1, 0.15) is 11.4 Å². The van der Waals surface area contributed by atoms with Crippen molar-refractivity contribution in [3.63, 3.8) is 0 Å². The van der Waals surface area contributed by atoms with Crippen LogP contribution in [0, 0.1) is 17.2 Å². The molecule has 0 saturated carbocycles. The van der Waals surface area contributed by atoms with Crippen molar-refractivity contribution >= 4 is 11.9 Å². The lowest BCUT2D eigenvalue weighted by Crippen LogP contribution is -2.49. The fourth-order valence-corrected chi connectivity index (χ4v) is 3.76. The van der Waals surface area contributed by atoms with E-state index < -0.39 is 5.60 Å². The van der Waals surface area contributed by atoms with Crippen molar-refractivity contribution in [2.24, 2.45) is 5.92 Å². The third-order valence-corrected chi connectivity index (χ3v) is 4.75. The van der Waals surface area contributed by atoms with Crippen LogP contribution in [-0.4, -0.2) is 34.5 Å². The van der Waals surface area contributed by atoms with Gasteiger partial charge in [0.25, 0.3) is 0 Å². The number of nitrogens with zero attached hydrogens (tertiary/aromatic N) is 2. The van der Waals surface area contributed by atoms with Crippen molar-refractivity contribution in [2.45, 2.75) is 89.8 Å². The summed E-state index contributed by atoms with van der Waals surface area (Å²) in [6.45, 7) is 5.64. The van der Waals surface area contributed by atoms with Gasteiger partial charge in [0.05, 0.1) is 6.07 Å². The second-order valence-electron chi connectivity index (χ2n) is 7.77. The van der Waals surface area contributed by atoms with Gasteiger partial charge in [0.2, 0.25) is 0 Å². The van der Waals surface area contributed by atoms with Gasteiger partial charge in [-0.3, -0.25) is 4.79 Å². The van der Waals surface area contributed by atoms with E-state index in [0.717, 1.165) is 38.5 Å². The molecule has 2 unspecified atom stereocenters. The number of amides is 1. The summed E-state index contributed by atoms with van der Waals surface area (Å²) in [4.78, 5) is 26.6. The summed E-state index contributed by atoms with van der Waals surface area (Å²) < 4.78 is 5.52. The Bertz CT molecular complexity index is 475. The van der Waals surface area contributed by atoms with Crippen LogP contribution in [-0.2, 0) is 9.53 Å². The zero-order chi connectivity index (χ0) is 17.0. The van der Waals surface area contributed by atoms with E-state index in [1.54, 1.807) is 0 Å². The van der Waals surface area contributed by atoms with Crippen molar-refractivity contribution in [3.05, 3.63) is 0 Å². The molecule has 2 bridgehead atoms. The van der Waals surface area contributed by atoms with E-state index in [1.807, 2.05) is 25.7 Å². The number of nitriles is 1. The number of hydrogen-bond donors (Lipinski definition) is 0. The molecule has 0 aromatic carbocycles. The molecule has 2 atom stereocenters. The summed E-state index contributed by atoms with van der Waals surface area (Å²) in [7, 11) is 0. The number of unbranched alkanes of at least 4 members (excludes halogenated alkanes) is 2. The lowest BCUT2D eigenvalue weighted by Gasteiger charge is -2.39. The summed E-state index contributed by atoms with van der Waals surface area (Å²) in [6.07, 6.45) is 5.95. The van der Waals surface area contributed by atoms with E-state index in [4.69, 9.17) is 10.00 Å². The molecule has 2 aliphatic heterocycles. The zero-order valence-corrected chi connectivity index (χ0v) is 14.5. The SMILES string of the molecule is CC(C)(C)OC(=O)N1C2CCC1CC(C(=O)CCCCC#N)C2. The molecule has 2 fully saturated rings. The van der Waals surface area contributed by atoms with Gasteiger partial charge >= 0.3 is 6.09 Å². The van der Waals surface area contributed by atoms with Gasteiger partial charge in [0.15, 0.2) is 0 Å². The van der Waals surface area contributed by atoms with Crippen LogP contribution < -0.4 is 0 Å². The Morgan fingerprint density at radius 3 is 2.30 bits per heavy atom.